The minimum absolute atomic E-state index is 0. The van der Waals surface area contributed by atoms with E-state index in [2.05, 4.69) is 0 Å². The Kier molecular flexibility index (Phi) is 25.2. The van der Waals surface area contributed by atoms with Gasteiger partial charge in [0.2, 0.25) is 0 Å². The van der Waals surface area contributed by atoms with Gasteiger partial charge in [-0.25, -0.2) is 4.57 Å². The number of phosphoric acid groups is 1. The fraction of sp³-hybridized carbons (Fsp3) is 0. The normalized spacial score (nSPS) is 7.38. The molecule has 0 aliphatic rings. The van der Waals surface area contributed by atoms with Crippen LogP contribution in [0.1, 0.15) is 1.43 Å². The topological polar surface area (TPSA) is 77.8 Å². The zero-order valence-corrected chi connectivity index (χ0v) is 7.84. The first-order valence-corrected chi connectivity index (χ1v) is 2.35. The van der Waals surface area contributed by atoms with Crippen LogP contribution in [0.2, 0.25) is 0 Å². The van der Waals surface area contributed by atoms with E-state index in [1.807, 2.05) is 0 Å². The summed E-state index contributed by atoms with van der Waals surface area (Å²) in [6.45, 7) is 0. The Labute approximate surface area is 86.0 Å². The van der Waals surface area contributed by atoms with Gasteiger partial charge in [-0.2, -0.15) is 0 Å². The molecule has 0 amide bonds. The summed E-state index contributed by atoms with van der Waals surface area (Å²) < 4.78 is 8.88. The van der Waals surface area contributed by atoms with Gasteiger partial charge in [-0.15, -0.1) is 0 Å². The molecule has 0 rings (SSSR count). The number of hydrogen-bond donors (Lipinski definition) is 3. The molecular formula is H4CrLiO4PTi. The van der Waals surface area contributed by atoms with Crippen LogP contribution < -0.4 is 18.9 Å². The summed E-state index contributed by atoms with van der Waals surface area (Å²) in [5, 5.41) is 0. The third kappa shape index (κ3) is 101. The first kappa shape index (κ1) is 22.5. The SMILES string of the molecule is O=P(O)(O)O.[Cr].[H-].[Li+].[Ti]. The second-order valence-electron chi connectivity index (χ2n) is 0.513. The summed E-state index contributed by atoms with van der Waals surface area (Å²) in [7, 11) is -4.64. The Hall–Kier alpha value is 1.95. The Morgan fingerprint density at radius 2 is 1.25 bits per heavy atom. The van der Waals surface area contributed by atoms with E-state index in [1.54, 1.807) is 0 Å². The van der Waals surface area contributed by atoms with E-state index in [1.165, 1.54) is 0 Å². The fourth-order valence-electron chi connectivity index (χ4n) is 0. The molecule has 0 saturated carbocycles. The van der Waals surface area contributed by atoms with Crippen molar-refractivity contribution in [2.45, 2.75) is 0 Å². The van der Waals surface area contributed by atoms with Crippen LogP contribution in [0.15, 0.2) is 0 Å². The summed E-state index contributed by atoms with van der Waals surface area (Å²) in [6.07, 6.45) is 0. The van der Waals surface area contributed by atoms with Crippen molar-refractivity contribution in [3.05, 3.63) is 0 Å². The summed E-state index contributed by atoms with van der Waals surface area (Å²) >= 11 is 0. The van der Waals surface area contributed by atoms with Crippen LogP contribution in [0.4, 0.5) is 0 Å². The van der Waals surface area contributed by atoms with Crippen LogP contribution in [-0.2, 0) is 43.6 Å². The third-order valence-corrected chi connectivity index (χ3v) is 0. The van der Waals surface area contributed by atoms with Crippen molar-refractivity contribution in [3.63, 3.8) is 0 Å². The van der Waals surface area contributed by atoms with Crippen molar-refractivity contribution in [2.24, 2.45) is 0 Å². The minimum Gasteiger partial charge on any atom is -1.00 e. The smallest absolute Gasteiger partial charge is 1.00 e. The van der Waals surface area contributed by atoms with E-state index < -0.39 is 7.82 Å². The average Bonchev–Trinajstić information content (AvgIpc) is 0.722. The van der Waals surface area contributed by atoms with Gasteiger partial charge in [0.25, 0.3) is 0 Å². The molecule has 0 spiro atoms. The van der Waals surface area contributed by atoms with Crippen molar-refractivity contribution in [2.75, 3.05) is 0 Å². The molecule has 4 nitrogen and oxygen atoms in total. The van der Waals surface area contributed by atoms with Gasteiger partial charge in [0.1, 0.15) is 0 Å². The van der Waals surface area contributed by atoms with Crippen molar-refractivity contribution < 1.29 is 78.6 Å². The summed E-state index contributed by atoms with van der Waals surface area (Å²) in [5.74, 6) is 0. The first-order chi connectivity index (χ1) is 2.00. The van der Waals surface area contributed by atoms with Gasteiger partial charge in [-0.1, -0.05) is 0 Å². The van der Waals surface area contributed by atoms with Gasteiger partial charge in [0.05, 0.1) is 0 Å². The molecular weight excluding hydrogens is 202 g/mol. The van der Waals surface area contributed by atoms with E-state index >= 15 is 0 Å². The number of hydrogen-bond acceptors (Lipinski definition) is 1. The van der Waals surface area contributed by atoms with E-state index in [0.29, 0.717) is 0 Å². The van der Waals surface area contributed by atoms with E-state index in [0.717, 1.165) is 0 Å². The Balaban J connectivity index is -0.0000000133. The monoisotopic (exact) mass is 206 g/mol. The minimum atomic E-state index is -4.64. The van der Waals surface area contributed by atoms with Gasteiger partial charge in [-0.3, -0.25) is 0 Å². The molecule has 0 aromatic carbocycles. The summed E-state index contributed by atoms with van der Waals surface area (Å²) in [5.41, 5.74) is 0. The molecule has 0 aromatic rings. The maximum absolute atomic E-state index is 8.88. The molecule has 0 heterocycles. The maximum atomic E-state index is 8.88. The van der Waals surface area contributed by atoms with Crippen molar-refractivity contribution >= 4 is 7.82 Å². The molecule has 0 aromatic heterocycles. The maximum Gasteiger partial charge on any atom is 1.00 e. The van der Waals surface area contributed by atoms with Gasteiger partial charge < -0.3 is 16.1 Å². The van der Waals surface area contributed by atoms with Crippen LogP contribution in [0.25, 0.3) is 0 Å². The molecule has 0 aliphatic heterocycles. The molecule has 8 heavy (non-hydrogen) atoms. The molecule has 0 atom stereocenters. The summed E-state index contributed by atoms with van der Waals surface area (Å²) in [4.78, 5) is 21.6. The Morgan fingerprint density at radius 3 is 1.25 bits per heavy atom. The largest absolute Gasteiger partial charge is 1.00 e. The molecule has 0 saturated heterocycles. The molecule has 44 valence electrons. The van der Waals surface area contributed by atoms with Crippen LogP contribution >= 0.6 is 7.82 Å². The zero-order valence-electron chi connectivity index (χ0n) is 5.11. The molecule has 3 N–H and O–H groups in total. The average molecular weight is 206 g/mol. The molecule has 0 fully saturated rings. The van der Waals surface area contributed by atoms with E-state index in [4.69, 9.17) is 19.2 Å². The van der Waals surface area contributed by atoms with Crippen molar-refractivity contribution in [1.82, 2.24) is 0 Å². The van der Waals surface area contributed by atoms with Crippen molar-refractivity contribution in [3.8, 4) is 0 Å². The van der Waals surface area contributed by atoms with Crippen molar-refractivity contribution in [1.29, 1.82) is 0 Å². The Bertz CT molecular complexity index is 66.7. The molecule has 0 bridgehead atoms. The van der Waals surface area contributed by atoms with E-state index in [-0.39, 0.29) is 59.4 Å². The van der Waals surface area contributed by atoms with Gasteiger partial charge in [-0.05, 0) is 0 Å². The standard InChI is InChI=1S/Cr.Li.H3O4P.Ti.H/c;;1-5(2,3)4;;/h;;(H3,1,2,3,4);;/q;+1;;;-1. The van der Waals surface area contributed by atoms with Gasteiger partial charge in [0.15, 0.2) is 0 Å². The Morgan fingerprint density at radius 1 is 1.25 bits per heavy atom. The predicted octanol–water partition coefficient (Wildman–Crippen LogP) is -3.82. The third-order valence-electron chi connectivity index (χ3n) is 0. The van der Waals surface area contributed by atoms with Gasteiger partial charge in [0, 0.05) is 39.1 Å². The van der Waals surface area contributed by atoms with E-state index in [9.17, 15) is 0 Å². The first-order valence-electron chi connectivity index (χ1n) is 0.783. The zero-order chi connectivity index (χ0) is 4.50. The second kappa shape index (κ2) is 8.95. The molecule has 0 unspecified atom stereocenters. The number of rotatable bonds is 0. The van der Waals surface area contributed by atoms with Crippen LogP contribution in [0, 0.1) is 0 Å². The molecule has 0 radical (unpaired) electrons. The second-order valence-corrected chi connectivity index (χ2v) is 1.54. The van der Waals surface area contributed by atoms with Crippen LogP contribution in [-0.4, -0.2) is 14.7 Å². The van der Waals surface area contributed by atoms with Gasteiger partial charge >= 0.3 is 26.7 Å². The molecule has 0 aliphatic carbocycles. The van der Waals surface area contributed by atoms with Crippen LogP contribution in [0.5, 0.6) is 0 Å². The van der Waals surface area contributed by atoms with Crippen LogP contribution in [0.3, 0.4) is 0 Å². The molecule has 8 heteroatoms. The quantitative estimate of drug-likeness (QED) is 0.280. The predicted molar refractivity (Wildman–Crippen MR) is 15.4 cm³/mol. The fourth-order valence-corrected chi connectivity index (χ4v) is 0. The summed E-state index contributed by atoms with van der Waals surface area (Å²) in [6, 6.07) is 0.